The number of hydrogen-bond donors (Lipinski definition) is 0. The van der Waals surface area contributed by atoms with Crippen LogP contribution in [0.3, 0.4) is 0 Å². The van der Waals surface area contributed by atoms with Crippen LogP contribution in [0.25, 0.3) is 0 Å². The van der Waals surface area contributed by atoms with Crippen molar-refractivity contribution in [1.82, 2.24) is 14.8 Å². The zero-order valence-corrected chi connectivity index (χ0v) is 20.0. The van der Waals surface area contributed by atoms with Crippen LogP contribution in [-0.4, -0.2) is 58.9 Å². The highest BCUT2D eigenvalue weighted by Gasteiger charge is 2.37. The van der Waals surface area contributed by atoms with E-state index in [9.17, 15) is 9.59 Å². The number of likely N-dealkylation sites (tertiary alicyclic amines) is 1. The molecule has 0 N–H and O–H groups in total. The molecule has 2 aromatic carbocycles. The molecule has 0 unspecified atom stereocenters. The van der Waals surface area contributed by atoms with E-state index >= 15 is 0 Å². The molecule has 0 spiro atoms. The molecule has 3 aromatic rings. The molecular formula is C29H31N3O3. The van der Waals surface area contributed by atoms with E-state index in [1.165, 1.54) is 5.56 Å². The van der Waals surface area contributed by atoms with Crippen molar-refractivity contribution in [3.8, 4) is 5.75 Å². The van der Waals surface area contributed by atoms with Gasteiger partial charge < -0.3 is 14.5 Å². The van der Waals surface area contributed by atoms with Crippen LogP contribution >= 0.6 is 0 Å². The molecule has 5 rings (SSSR count). The number of pyridine rings is 1. The third kappa shape index (κ3) is 5.06. The Kier molecular flexibility index (Phi) is 6.80. The van der Waals surface area contributed by atoms with Gasteiger partial charge in [0.1, 0.15) is 11.4 Å². The monoisotopic (exact) mass is 469 g/mol. The third-order valence-electron chi connectivity index (χ3n) is 7.31. The van der Waals surface area contributed by atoms with Crippen molar-refractivity contribution in [3.63, 3.8) is 0 Å². The number of rotatable bonds is 6. The molecule has 2 aliphatic rings. The first-order valence-electron chi connectivity index (χ1n) is 12.4. The van der Waals surface area contributed by atoms with Gasteiger partial charge in [0.25, 0.3) is 11.8 Å². The first-order valence-corrected chi connectivity index (χ1v) is 12.4. The summed E-state index contributed by atoms with van der Waals surface area (Å²) >= 11 is 0. The number of carbonyl (C=O) groups excluding carboxylic acids is 2. The fourth-order valence-corrected chi connectivity index (χ4v) is 5.32. The second kappa shape index (κ2) is 10.3. The lowest BCUT2D eigenvalue weighted by molar-refractivity contribution is -0.139. The quantitative estimate of drug-likeness (QED) is 0.547. The van der Waals surface area contributed by atoms with Gasteiger partial charge >= 0.3 is 0 Å². The number of piperidine rings is 1. The van der Waals surface area contributed by atoms with E-state index in [-0.39, 0.29) is 17.9 Å². The highest BCUT2D eigenvalue weighted by Crippen LogP contribution is 2.31. The smallest absolute Gasteiger partial charge is 0.272 e. The van der Waals surface area contributed by atoms with E-state index in [0.717, 1.165) is 30.6 Å². The van der Waals surface area contributed by atoms with Crippen molar-refractivity contribution in [1.29, 1.82) is 0 Å². The highest BCUT2D eigenvalue weighted by molar-refractivity contribution is 5.92. The average molecular weight is 470 g/mol. The molecule has 3 heterocycles. The van der Waals surface area contributed by atoms with Crippen LogP contribution in [0.5, 0.6) is 5.75 Å². The molecular weight excluding hydrogens is 438 g/mol. The minimum Gasteiger partial charge on any atom is -0.480 e. The Morgan fingerprint density at radius 3 is 2.43 bits per heavy atom. The van der Waals surface area contributed by atoms with Gasteiger partial charge in [-0.3, -0.25) is 14.6 Å². The van der Waals surface area contributed by atoms with Crippen LogP contribution < -0.4 is 4.74 Å². The van der Waals surface area contributed by atoms with E-state index in [0.29, 0.717) is 31.1 Å². The number of likely N-dealkylation sites (N-methyl/N-ethyl adjacent to an activating group) is 1. The van der Waals surface area contributed by atoms with Gasteiger partial charge in [-0.1, -0.05) is 54.6 Å². The van der Waals surface area contributed by atoms with Crippen LogP contribution in [-0.2, 0) is 17.6 Å². The summed E-state index contributed by atoms with van der Waals surface area (Å²) in [6, 6.07) is 23.6. The van der Waals surface area contributed by atoms with Gasteiger partial charge in [-0.15, -0.1) is 0 Å². The summed E-state index contributed by atoms with van der Waals surface area (Å²) in [4.78, 5) is 34.5. The maximum absolute atomic E-state index is 13.3. The van der Waals surface area contributed by atoms with Crippen molar-refractivity contribution in [2.24, 2.45) is 5.92 Å². The maximum atomic E-state index is 13.3. The SMILES string of the molecule is CN(C(=O)c1ccccn1)[C@@H](Cc1ccccc1)C1CCN(C(=O)[C@H]2Cc3ccccc3O2)CC1. The van der Waals surface area contributed by atoms with Crippen LogP contribution in [0.2, 0.25) is 0 Å². The second-order valence-corrected chi connectivity index (χ2v) is 9.47. The summed E-state index contributed by atoms with van der Waals surface area (Å²) in [6.07, 6.45) is 4.33. The van der Waals surface area contributed by atoms with Gasteiger partial charge in [0.2, 0.25) is 0 Å². The van der Waals surface area contributed by atoms with Gasteiger partial charge in [-0.05, 0) is 54.5 Å². The second-order valence-electron chi connectivity index (χ2n) is 9.47. The highest BCUT2D eigenvalue weighted by atomic mass is 16.5. The Morgan fingerprint density at radius 1 is 1.00 bits per heavy atom. The number of ether oxygens (including phenoxy) is 1. The van der Waals surface area contributed by atoms with E-state index in [1.54, 1.807) is 12.3 Å². The van der Waals surface area contributed by atoms with E-state index < -0.39 is 6.10 Å². The van der Waals surface area contributed by atoms with Crippen molar-refractivity contribution < 1.29 is 14.3 Å². The Balaban J connectivity index is 1.27. The molecule has 2 amide bonds. The Morgan fingerprint density at radius 2 is 1.71 bits per heavy atom. The van der Waals surface area contributed by atoms with Crippen LogP contribution in [0, 0.1) is 5.92 Å². The first kappa shape index (κ1) is 23.1. The van der Waals surface area contributed by atoms with Crippen molar-refractivity contribution in [2.75, 3.05) is 20.1 Å². The molecule has 0 radical (unpaired) electrons. The molecule has 2 aliphatic heterocycles. The van der Waals surface area contributed by atoms with Crippen LogP contribution in [0.1, 0.15) is 34.5 Å². The zero-order valence-electron chi connectivity index (χ0n) is 20.0. The molecule has 0 aliphatic carbocycles. The lowest BCUT2D eigenvalue weighted by Gasteiger charge is -2.40. The standard InChI is InChI=1S/C29H31N3O3/c1-31(28(33)24-12-7-8-16-30-24)25(19-21-9-3-2-4-10-21)22-14-17-32(18-15-22)29(34)27-20-23-11-5-6-13-26(23)35-27/h2-13,16,22,25,27H,14-15,17-20H2,1H3/t25-,27+/m0/s1. The van der Waals surface area contributed by atoms with E-state index in [2.05, 4.69) is 17.1 Å². The normalized spacial score (nSPS) is 18.4. The van der Waals surface area contributed by atoms with E-state index in [1.807, 2.05) is 71.4 Å². The molecule has 180 valence electrons. The largest absolute Gasteiger partial charge is 0.480 e. The van der Waals surface area contributed by atoms with E-state index in [4.69, 9.17) is 4.74 Å². The Bertz CT molecular complexity index is 1140. The summed E-state index contributed by atoms with van der Waals surface area (Å²) in [6.45, 7) is 1.35. The molecule has 6 heteroatoms. The summed E-state index contributed by atoms with van der Waals surface area (Å²) in [5.74, 6) is 1.11. The predicted octanol–water partition coefficient (Wildman–Crippen LogP) is 4.01. The van der Waals surface area contributed by atoms with Crippen LogP contribution in [0.15, 0.2) is 79.0 Å². The number of para-hydroxylation sites is 1. The summed E-state index contributed by atoms with van der Waals surface area (Å²) in [7, 11) is 1.88. The van der Waals surface area contributed by atoms with Crippen molar-refractivity contribution in [2.45, 2.75) is 37.8 Å². The topological polar surface area (TPSA) is 62.7 Å². The van der Waals surface area contributed by atoms with Gasteiger partial charge in [-0.25, -0.2) is 0 Å². The maximum Gasteiger partial charge on any atom is 0.272 e. The molecule has 1 fully saturated rings. The minimum absolute atomic E-state index is 0.0242. The predicted molar refractivity (Wildman–Crippen MR) is 134 cm³/mol. The summed E-state index contributed by atoms with van der Waals surface area (Å²) in [5.41, 5.74) is 2.76. The molecule has 1 aromatic heterocycles. The number of carbonyl (C=O) groups is 2. The number of fused-ring (bicyclic) bond motifs is 1. The van der Waals surface area contributed by atoms with Gasteiger partial charge in [0, 0.05) is 38.8 Å². The van der Waals surface area contributed by atoms with Gasteiger partial charge in [0.15, 0.2) is 6.10 Å². The third-order valence-corrected chi connectivity index (χ3v) is 7.31. The summed E-state index contributed by atoms with van der Waals surface area (Å²) < 4.78 is 5.94. The minimum atomic E-state index is -0.433. The van der Waals surface area contributed by atoms with Gasteiger partial charge in [0.05, 0.1) is 0 Å². The number of amides is 2. The number of aromatic nitrogens is 1. The van der Waals surface area contributed by atoms with Crippen LogP contribution in [0.4, 0.5) is 0 Å². The molecule has 0 bridgehead atoms. The Hall–Kier alpha value is -3.67. The fourth-order valence-electron chi connectivity index (χ4n) is 5.32. The van der Waals surface area contributed by atoms with Gasteiger partial charge in [-0.2, -0.15) is 0 Å². The molecule has 6 nitrogen and oxygen atoms in total. The molecule has 1 saturated heterocycles. The lowest BCUT2D eigenvalue weighted by atomic mass is 9.84. The summed E-state index contributed by atoms with van der Waals surface area (Å²) in [5, 5.41) is 0. The van der Waals surface area contributed by atoms with Crippen molar-refractivity contribution >= 4 is 11.8 Å². The number of nitrogens with zero attached hydrogens (tertiary/aromatic N) is 3. The Labute approximate surface area is 206 Å². The van der Waals surface area contributed by atoms with Crippen molar-refractivity contribution in [3.05, 3.63) is 95.8 Å². The molecule has 0 saturated carbocycles. The first-order chi connectivity index (χ1) is 17.1. The molecule has 2 atom stereocenters. The average Bonchev–Trinajstić information content (AvgIpc) is 3.36. The zero-order chi connectivity index (χ0) is 24.2. The lowest BCUT2D eigenvalue weighted by Crippen LogP contribution is -2.50. The number of hydrogen-bond acceptors (Lipinski definition) is 4. The number of benzene rings is 2. The fraction of sp³-hybridized carbons (Fsp3) is 0.345. The molecule has 35 heavy (non-hydrogen) atoms.